The highest BCUT2D eigenvalue weighted by molar-refractivity contribution is 5.97. The van der Waals surface area contributed by atoms with Crippen molar-refractivity contribution < 1.29 is 0 Å². The summed E-state index contributed by atoms with van der Waals surface area (Å²) in [4.78, 5) is 17.1. The summed E-state index contributed by atoms with van der Waals surface area (Å²) in [6, 6.07) is 12.1. The molecule has 6 nitrogen and oxygen atoms in total. The Morgan fingerprint density at radius 3 is 2.86 bits per heavy atom. The minimum absolute atomic E-state index is 0.740. The van der Waals surface area contributed by atoms with Crippen molar-refractivity contribution in [3.8, 4) is 22.8 Å². The molecule has 2 N–H and O–H groups in total. The minimum Gasteiger partial charge on any atom is -0.337 e. The van der Waals surface area contributed by atoms with Crippen molar-refractivity contribution in [2.45, 2.75) is 6.42 Å². The topological polar surface area (TPSA) is 83.1 Å². The molecule has 0 spiro atoms. The van der Waals surface area contributed by atoms with Gasteiger partial charge in [0.2, 0.25) is 0 Å². The lowest BCUT2D eigenvalue weighted by Gasteiger charge is -2.00. The van der Waals surface area contributed by atoms with Gasteiger partial charge < -0.3 is 4.98 Å². The van der Waals surface area contributed by atoms with Crippen LogP contribution in [0, 0.1) is 0 Å². The zero-order chi connectivity index (χ0) is 19.2. The molecule has 0 bridgehead atoms. The van der Waals surface area contributed by atoms with E-state index in [1.807, 2.05) is 30.5 Å². The van der Waals surface area contributed by atoms with E-state index in [1.165, 1.54) is 5.57 Å². The molecule has 1 aromatic carbocycles. The maximum atomic E-state index is 4.91. The third-order valence-electron chi connectivity index (χ3n) is 5.22. The van der Waals surface area contributed by atoms with Crippen molar-refractivity contribution in [3.63, 3.8) is 0 Å². The van der Waals surface area contributed by atoms with Crippen LogP contribution in [0.1, 0.15) is 12.0 Å². The highest BCUT2D eigenvalue weighted by Crippen LogP contribution is 2.32. The van der Waals surface area contributed by atoms with Crippen LogP contribution in [-0.4, -0.2) is 30.1 Å². The Bertz CT molecular complexity index is 1420. The average molecular weight is 376 g/mol. The largest absolute Gasteiger partial charge is 0.337 e. The quantitative estimate of drug-likeness (QED) is 0.469. The molecular weight excluding hydrogens is 360 g/mol. The van der Waals surface area contributed by atoms with Gasteiger partial charge in [-0.2, -0.15) is 5.10 Å². The number of aromatic amines is 2. The van der Waals surface area contributed by atoms with Crippen molar-refractivity contribution >= 4 is 27.5 Å². The van der Waals surface area contributed by atoms with Gasteiger partial charge in [0.25, 0.3) is 0 Å². The molecule has 0 amide bonds. The molecule has 0 aliphatic heterocycles. The number of nitrogens with one attached hydrogen (secondary N) is 2. The third-order valence-corrected chi connectivity index (χ3v) is 5.22. The molecule has 1 aliphatic carbocycles. The predicted octanol–water partition coefficient (Wildman–Crippen LogP) is 4.91. The summed E-state index contributed by atoms with van der Waals surface area (Å²) in [5.41, 5.74) is 7.77. The van der Waals surface area contributed by atoms with E-state index in [1.54, 1.807) is 12.4 Å². The zero-order valence-corrected chi connectivity index (χ0v) is 15.4. The van der Waals surface area contributed by atoms with Crippen LogP contribution >= 0.6 is 0 Å². The average Bonchev–Trinajstić information content (AvgIpc) is 3.52. The number of fused-ring (bicyclic) bond motifs is 2. The van der Waals surface area contributed by atoms with Crippen molar-refractivity contribution in [3.05, 3.63) is 78.8 Å². The van der Waals surface area contributed by atoms with Gasteiger partial charge in [0, 0.05) is 28.9 Å². The number of benzene rings is 1. The van der Waals surface area contributed by atoms with Crippen molar-refractivity contribution in [2.75, 3.05) is 0 Å². The van der Waals surface area contributed by atoms with Crippen LogP contribution in [-0.2, 0) is 0 Å². The molecular formula is C23H16N6. The molecule has 0 atom stereocenters. The maximum absolute atomic E-state index is 4.91. The molecule has 6 rings (SSSR count). The van der Waals surface area contributed by atoms with Crippen LogP contribution in [0.2, 0.25) is 0 Å². The summed E-state index contributed by atoms with van der Waals surface area (Å²) < 4.78 is 0. The fourth-order valence-corrected chi connectivity index (χ4v) is 3.80. The Labute approximate surface area is 166 Å². The molecule has 0 radical (unpaired) electrons. The number of aromatic nitrogens is 6. The van der Waals surface area contributed by atoms with Gasteiger partial charge in [0.05, 0.1) is 28.4 Å². The summed E-state index contributed by atoms with van der Waals surface area (Å²) >= 11 is 0. The van der Waals surface area contributed by atoms with Gasteiger partial charge in [-0.15, -0.1) is 0 Å². The lowest BCUT2D eigenvalue weighted by molar-refractivity contribution is 1.10. The van der Waals surface area contributed by atoms with Gasteiger partial charge in [0.15, 0.2) is 5.82 Å². The van der Waals surface area contributed by atoms with Crippen molar-refractivity contribution in [2.24, 2.45) is 0 Å². The standard InChI is InChI=1S/C23H16N6/c1-2-6-14(5-1)16-8-3-9-18-21(16)27-23(26-18)22-17-11-19(15-7-4-10-24-12-15)25-13-20(17)28-29-22/h1,3-13H,2H2,(H,26,27)(H,28,29). The second-order valence-electron chi connectivity index (χ2n) is 7.01. The van der Waals surface area contributed by atoms with Gasteiger partial charge in [-0.3, -0.25) is 15.1 Å². The molecule has 0 unspecified atom stereocenters. The smallest absolute Gasteiger partial charge is 0.159 e. The number of imidazole rings is 1. The summed E-state index contributed by atoms with van der Waals surface area (Å²) in [6.45, 7) is 0. The second-order valence-corrected chi connectivity index (χ2v) is 7.01. The minimum atomic E-state index is 0.740. The second kappa shape index (κ2) is 6.24. The normalized spacial score (nSPS) is 13.4. The number of para-hydroxylation sites is 1. The van der Waals surface area contributed by atoms with Crippen LogP contribution in [0.3, 0.4) is 0 Å². The van der Waals surface area contributed by atoms with Crippen LogP contribution in [0.4, 0.5) is 0 Å². The monoisotopic (exact) mass is 376 g/mol. The molecule has 6 heteroatoms. The van der Waals surface area contributed by atoms with Crippen molar-refractivity contribution in [1.82, 2.24) is 30.1 Å². The van der Waals surface area contributed by atoms with Gasteiger partial charge in [-0.1, -0.05) is 30.4 Å². The Morgan fingerprint density at radius 2 is 2.00 bits per heavy atom. The van der Waals surface area contributed by atoms with Gasteiger partial charge in [0.1, 0.15) is 5.69 Å². The molecule has 0 fully saturated rings. The van der Waals surface area contributed by atoms with E-state index in [-0.39, 0.29) is 0 Å². The van der Waals surface area contributed by atoms with E-state index in [0.29, 0.717) is 0 Å². The fourth-order valence-electron chi connectivity index (χ4n) is 3.80. The van der Waals surface area contributed by atoms with Crippen LogP contribution in [0.15, 0.2) is 73.2 Å². The Kier molecular flexibility index (Phi) is 3.43. The summed E-state index contributed by atoms with van der Waals surface area (Å²) in [5.74, 6) is 0.740. The summed E-state index contributed by atoms with van der Waals surface area (Å²) in [5, 5.41) is 8.56. The van der Waals surface area contributed by atoms with E-state index in [2.05, 4.69) is 55.5 Å². The Hall–Kier alpha value is -4.06. The van der Waals surface area contributed by atoms with Gasteiger partial charge in [-0.25, -0.2) is 4.98 Å². The summed E-state index contributed by atoms with van der Waals surface area (Å²) in [6.07, 6.45) is 12.9. The molecule has 1 aliphatic rings. The van der Waals surface area contributed by atoms with Gasteiger partial charge in [-0.05, 0) is 36.3 Å². The van der Waals surface area contributed by atoms with E-state index in [4.69, 9.17) is 4.98 Å². The Balaban J connectivity index is 1.52. The molecule has 29 heavy (non-hydrogen) atoms. The first-order valence-electron chi connectivity index (χ1n) is 9.47. The number of hydrogen-bond acceptors (Lipinski definition) is 4. The van der Waals surface area contributed by atoms with E-state index in [9.17, 15) is 0 Å². The lowest BCUT2D eigenvalue weighted by Crippen LogP contribution is -1.86. The zero-order valence-electron chi connectivity index (χ0n) is 15.4. The number of rotatable bonds is 3. The SMILES string of the molecule is C1=CC(c2cccc3[nH]c(-c4n[nH]c5cnc(-c6cccnc6)cc45)nc23)=CC1. The molecule has 5 aromatic rings. The Morgan fingerprint density at radius 1 is 1.00 bits per heavy atom. The predicted molar refractivity (Wildman–Crippen MR) is 114 cm³/mol. The highest BCUT2D eigenvalue weighted by Gasteiger charge is 2.16. The summed E-state index contributed by atoms with van der Waals surface area (Å²) in [7, 11) is 0. The lowest BCUT2D eigenvalue weighted by atomic mass is 10.1. The molecule has 4 aromatic heterocycles. The fraction of sp³-hybridized carbons (Fsp3) is 0.0435. The number of hydrogen-bond donors (Lipinski definition) is 2. The number of nitrogens with zero attached hydrogens (tertiary/aromatic N) is 4. The van der Waals surface area contributed by atoms with Crippen LogP contribution in [0.5, 0.6) is 0 Å². The van der Waals surface area contributed by atoms with Crippen LogP contribution in [0.25, 0.3) is 50.3 Å². The van der Waals surface area contributed by atoms with Gasteiger partial charge >= 0.3 is 0 Å². The molecule has 0 saturated heterocycles. The third kappa shape index (κ3) is 2.57. The first-order valence-corrected chi connectivity index (χ1v) is 9.47. The first kappa shape index (κ1) is 15.9. The highest BCUT2D eigenvalue weighted by atomic mass is 15.1. The van der Waals surface area contributed by atoms with E-state index >= 15 is 0 Å². The maximum Gasteiger partial charge on any atom is 0.159 e. The molecule has 0 saturated carbocycles. The van der Waals surface area contributed by atoms with E-state index in [0.717, 1.165) is 56.7 Å². The number of allylic oxidation sites excluding steroid dienone is 4. The van der Waals surface area contributed by atoms with Crippen LogP contribution < -0.4 is 0 Å². The first-order chi connectivity index (χ1) is 14.4. The number of pyridine rings is 2. The molecule has 138 valence electrons. The molecule has 4 heterocycles. The van der Waals surface area contributed by atoms with Crippen molar-refractivity contribution in [1.29, 1.82) is 0 Å². The van der Waals surface area contributed by atoms with E-state index < -0.39 is 0 Å². The number of H-pyrrole nitrogens is 2.